The predicted molar refractivity (Wildman–Crippen MR) is 80.7 cm³/mol. The van der Waals surface area contributed by atoms with Crippen molar-refractivity contribution < 1.29 is 9.53 Å². The molecule has 1 unspecified atom stereocenters. The quantitative estimate of drug-likeness (QED) is 0.821. The van der Waals surface area contributed by atoms with Gasteiger partial charge in [-0.15, -0.1) is 11.3 Å². The number of nitrogens with two attached hydrogens (primary N) is 1. The van der Waals surface area contributed by atoms with E-state index in [0.717, 1.165) is 26.3 Å². The molecule has 6 heteroatoms. The molecule has 5 nitrogen and oxygen atoms in total. The first-order valence-electron chi connectivity index (χ1n) is 7.11. The number of hydrogen-bond donors (Lipinski definition) is 2. The van der Waals surface area contributed by atoms with Crippen molar-refractivity contribution in [2.75, 3.05) is 32.8 Å². The third-order valence-corrected chi connectivity index (χ3v) is 4.58. The third-order valence-electron chi connectivity index (χ3n) is 3.60. The molecule has 2 rings (SSSR count). The molecule has 3 N–H and O–H groups in total. The highest BCUT2D eigenvalue weighted by Crippen LogP contribution is 2.25. The Hall–Kier alpha value is -0.950. The number of nitrogens with one attached hydrogen (secondary N) is 1. The number of nitrogens with zero attached hydrogens (tertiary/aromatic N) is 1. The first kappa shape index (κ1) is 15.4. The van der Waals surface area contributed by atoms with Crippen LogP contribution in [0, 0.1) is 0 Å². The average molecular weight is 297 g/mol. The van der Waals surface area contributed by atoms with E-state index in [2.05, 4.69) is 21.7 Å². The molecular weight excluding hydrogens is 274 g/mol. The second-order valence-electron chi connectivity index (χ2n) is 4.94. The van der Waals surface area contributed by atoms with E-state index in [1.807, 2.05) is 13.0 Å². The Morgan fingerprint density at radius 2 is 2.30 bits per heavy atom. The first-order chi connectivity index (χ1) is 9.72. The van der Waals surface area contributed by atoms with Crippen molar-refractivity contribution in [3.63, 3.8) is 0 Å². The monoisotopic (exact) mass is 297 g/mol. The van der Waals surface area contributed by atoms with E-state index in [-0.39, 0.29) is 11.9 Å². The number of hydrogen-bond acceptors (Lipinski definition) is 5. The van der Waals surface area contributed by atoms with Crippen molar-refractivity contribution in [3.8, 4) is 0 Å². The maximum absolute atomic E-state index is 11.9. The maximum Gasteiger partial charge on any atom is 0.236 e. The minimum atomic E-state index is -0.413. The number of carbonyl (C=O) groups is 1. The number of carbonyl (C=O) groups excluding carboxylic acids is 1. The summed E-state index contributed by atoms with van der Waals surface area (Å²) in [5.41, 5.74) is 5.76. The molecule has 0 bridgehead atoms. The molecule has 1 amide bonds. The molecule has 0 aromatic carbocycles. The van der Waals surface area contributed by atoms with E-state index < -0.39 is 6.04 Å². The van der Waals surface area contributed by atoms with Gasteiger partial charge in [0.15, 0.2) is 0 Å². The zero-order valence-corrected chi connectivity index (χ0v) is 12.7. The van der Waals surface area contributed by atoms with Crippen LogP contribution >= 0.6 is 11.3 Å². The Morgan fingerprint density at radius 3 is 2.90 bits per heavy atom. The number of morpholine rings is 1. The van der Waals surface area contributed by atoms with Gasteiger partial charge in [-0.05, 0) is 17.9 Å². The lowest BCUT2D eigenvalue weighted by atomic mass is 10.1. The normalized spacial score (nSPS) is 19.5. The predicted octanol–water partition coefficient (Wildman–Crippen LogP) is 0.975. The standard InChI is InChI=1S/C14H23N3O2S/c1-2-11(15)14(18)16-10-12(13-4-3-9-20-13)17-5-7-19-8-6-17/h3-4,9,11-12H,2,5-8,10,15H2,1H3,(H,16,18)/t11-,12?/m1/s1. The van der Waals surface area contributed by atoms with Crippen molar-refractivity contribution in [1.82, 2.24) is 10.2 Å². The van der Waals surface area contributed by atoms with Crippen LogP contribution in [0.1, 0.15) is 24.3 Å². The Balaban J connectivity index is 1.98. The van der Waals surface area contributed by atoms with Crippen LogP contribution in [-0.2, 0) is 9.53 Å². The van der Waals surface area contributed by atoms with Crippen LogP contribution in [0.4, 0.5) is 0 Å². The summed E-state index contributed by atoms with van der Waals surface area (Å²) >= 11 is 1.73. The number of ether oxygens (including phenoxy) is 1. The SMILES string of the molecule is CC[C@@H](N)C(=O)NCC(c1cccs1)N1CCOCC1. The molecule has 112 valence electrons. The molecule has 2 heterocycles. The zero-order chi connectivity index (χ0) is 14.4. The summed E-state index contributed by atoms with van der Waals surface area (Å²) in [5.74, 6) is -0.0673. The van der Waals surface area contributed by atoms with Gasteiger partial charge in [0.2, 0.25) is 5.91 Å². The summed E-state index contributed by atoms with van der Waals surface area (Å²) < 4.78 is 5.40. The van der Waals surface area contributed by atoms with E-state index in [0.29, 0.717) is 13.0 Å². The fraction of sp³-hybridized carbons (Fsp3) is 0.643. The minimum Gasteiger partial charge on any atom is -0.379 e. The van der Waals surface area contributed by atoms with Gasteiger partial charge in [0.05, 0.1) is 25.3 Å². The Bertz CT molecular complexity index is 405. The number of thiophene rings is 1. The van der Waals surface area contributed by atoms with Crippen LogP contribution in [0.2, 0.25) is 0 Å². The summed E-state index contributed by atoms with van der Waals surface area (Å²) in [6, 6.07) is 3.97. The molecule has 1 aliphatic rings. The largest absolute Gasteiger partial charge is 0.379 e. The van der Waals surface area contributed by atoms with Gasteiger partial charge in [0, 0.05) is 24.5 Å². The molecule has 0 spiro atoms. The first-order valence-corrected chi connectivity index (χ1v) is 7.98. The molecular formula is C14H23N3O2S. The van der Waals surface area contributed by atoms with Crippen LogP contribution < -0.4 is 11.1 Å². The fourth-order valence-electron chi connectivity index (χ4n) is 2.29. The molecule has 1 aromatic heterocycles. The topological polar surface area (TPSA) is 67.6 Å². The van der Waals surface area contributed by atoms with Gasteiger partial charge in [-0.3, -0.25) is 9.69 Å². The van der Waals surface area contributed by atoms with Gasteiger partial charge >= 0.3 is 0 Å². The third kappa shape index (κ3) is 4.02. The van der Waals surface area contributed by atoms with Gasteiger partial charge in [-0.25, -0.2) is 0 Å². The van der Waals surface area contributed by atoms with E-state index >= 15 is 0 Å². The summed E-state index contributed by atoms with van der Waals surface area (Å²) in [4.78, 5) is 15.5. The van der Waals surface area contributed by atoms with Gasteiger partial charge in [0.1, 0.15) is 0 Å². The molecule has 1 fully saturated rings. The van der Waals surface area contributed by atoms with E-state index in [1.165, 1.54) is 4.88 Å². The highest BCUT2D eigenvalue weighted by molar-refractivity contribution is 7.10. The number of amides is 1. The van der Waals surface area contributed by atoms with Gasteiger partial charge in [-0.2, -0.15) is 0 Å². The van der Waals surface area contributed by atoms with Crippen molar-refractivity contribution >= 4 is 17.2 Å². The van der Waals surface area contributed by atoms with E-state index in [4.69, 9.17) is 10.5 Å². The fourth-order valence-corrected chi connectivity index (χ4v) is 3.15. The highest BCUT2D eigenvalue weighted by Gasteiger charge is 2.24. The Kier molecular flexibility index (Phi) is 5.97. The van der Waals surface area contributed by atoms with Gasteiger partial charge < -0.3 is 15.8 Å². The second kappa shape index (κ2) is 7.73. The van der Waals surface area contributed by atoms with Crippen LogP contribution in [0.3, 0.4) is 0 Å². The second-order valence-corrected chi connectivity index (χ2v) is 5.92. The summed E-state index contributed by atoms with van der Waals surface area (Å²) in [6.07, 6.45) is 0.660. The lowest BCUT2D eigenvalue weighted by Crippen LogP contribution is -2.46. The number of rotatable bonds is 6. The zero-order valence-electron chi connectivity index (χ0n) is 11.9. The summed E-state index contributed by atoms with van der Waals surface area (Å²) in [5, 5.41) is 5.05. The van der Waals surface area contributed by atoms with Gasteiger partial charge in [-0.1, -0.05) is 13.0 Å². The highest BCUT2D eigenvalue weighted by atomic mass is 32.1. The van der Waals surface area contributed by atoms with Crippen LogP contribution in [-0.4, -0.2) is 49.7 Å². The van der Waals surface area contributed by atoms with Crippen molar-refractivity contribution in [3.05, 3.63) is 22.4 Å². The average Bonchev–Trinajstić information content (AvgIpc) is 3.01. The molecule has 20 heavy (non-hydrogen) atoms. The molecule has 2 atom stereocenters. The van der Waals surface area contributed by atoms with Crippen LogP contribution in [0.15, 0.2) is 17.5 Å². The van der Waals surface area contributed by atoms with E-state index in [1.54, 1.807) is 11.3 Å². The van der Waals surface area contributed by atoms with Gasteiger partial charge in [0.25, 0.3) is 0 Å². The minimum absolute atomic E-state index is 0.0673. The van der Waals surface area contributed by atoms with E-state index in [9.17, 15) is 4.79 Å². The van der Waals surface area contributed by atoms with Crippen LogP contribution in [0.25, 0.3) is 0 Å². The van der Waals surface area contributed by atoms with Crippen molar-refractivity contribution in [2.45, 2.75) is 25.4 Å². The Labute approximate surface area is 124 Å². The summed E-state index contributed by atoms with van der Waals surface area (Å²) in [7, 11) is 0. The molecule has 1 aromatic rings. The Morgan fingerprint density at radius 1 is 1.55 bits per heavy atom. The van der Waals surface area contributed by atoms with Crippen molar-refractivity contribution in [1.29, 1.82) is 0 Å². The molecule has 0 aliphatic carbocycles. The summed E-state index contributed by atoms with van der Waals surface area (Å²) in [6.45, 7) is 5.83. The van der Waals surface area contributed by atoms with Crippen molar-refractivity contribution in [2.24, 2.45) is 5.73 Å². The molecule has 1 saturated heterocycles. The smallest absolute Gasteiger partial charge is 0.236 e. The maximum atomic E-state index is 11.9. The molecule has 0 radical (unpaired) electrons. The van der Waals surface area contributed by atoms with Crippen LogP contribution in [0.5, 0.6) is 0 Å². The molecule has 1 aliphatic heterocycles. The molecule has 0 saturated carbocycles. The lowest BCUT2D eigenvalue weighted by Gasteiger charge is -2.34. The lowest BCUT2D eigenvalue weighted by molar-refractivity contribution is -0.122.